The lowest BCUT2D eigenvalue weighted by Crippen LogP contribution is -2.30. The number of carbonyl (C=O) groups excluding carboxylic acids is 4. The van der Waals surface area contributed by atoms with Crippen LogP contribution in [0, 0.1) is 5.92 Å². The molecule has 107 heavy (non-hydrogen) atoms. The molecule has 0 rings (SSSR count). The van der Waals surface area contributed by atoms with Crippen molar-refractivity contribution in [1.82, 2.24) is 0 Å². The first-order chi connectivity index (χ1) is 52.0. The maximum absolute atomic E-state index is 13.2. The molecule has 636 valence electrons. The molecular formula is C88H172O17P2. The maximum Gasteiger partial charge on any atom is 0.472 e. The van der Waals surface area contributed by atoms with Gasteiger partial charge in [0.15, 0.2) is 12.2 Å². The zero-order valence-corrected chi connectivity index (χ0v) is 72.1. The zero-order valence-electron chi connectivity index (χ0n) is 70.3. The third-order valence-electron chi connectivity index (χ3n) is 20.8. The van der Waals surface area contributed by atoms with E-state index >= 15 is 0 Å². The van der Waals surface area contributed by atoms with Crippen molar-refractivity contribution in [3.63, 3.8) is 0 Å². The number of rotatable bonds is 88. The molecule has 0 aliphatic heterocycles. The van der Waals surface area contributed by atoms with Crippen LogP contribution in [0.5, 0.6) is 0 Å². The van der Waals surface area contributed by atoms with E-state index in [0.717, 1.165) is 96.3 Å². The first-order valence-electron chi connectivity index (χ1n) is 45.6. The third-order valence-corrected chi connectivity index (χ3v) is 22.7. The topological polar surface area (TPSA) is 237 Å². The first kappa shape index (κ1) is 105. The molecule has 0 radical (unpaired) electrons. The molecule has 0 aromatic rings. The molecule has 0 amide bonds. The molecule has 0 bridgehead atoms. The average Bonchev–Trinajstić information content (AvgIpc) is 0.912. The summed E-state index contributed by atoms with van der Waals surface area (Å²) in [5.74, 6) is -1.42. The fourth-order valence-electron chi connectivity index (χ4n) is 13.8. The van der Waals surface area contributed by atoms with Gasteiger partial charge in [0.1, 0.15) is 19.3 Å². The lowest BCUT2D eigenvalue weighted by atomic mass is 10.0. The fourth-order valence-corrected chi connectivity index (χ4v) is 15.4. The summed E-state index contributed by atoms with van der Waals surface area (Å²) >= 11 is 0. The first-order valence-corrected chi connectivity index (χ1v) is 48.6. The maximum atomic E-state index is 13.2. The van der Waals surface area contributed by atoms with Crippen LogP contribution in [0.15, 0.2) is 0 Å². The molecule has 0 aromatic carbocycles. The summed E-state index contributed by atoms with van der Waals surface area (Å²) in [5.41, 5.74) is 0. The smallest absolute Gasteiger partial charge is 0.462 e. The number of phosphoric ester groups is 2. The van der Waals surface area contributed by atoms with Crippen LogP contribution < -0.4 is 0 Å². The number of hydrogen-bond acceptors (Lipinski definition) is 15. The standard InChI is InChI=1S/C88H172O17P2/c1-6-9-12-15-18-21-24-27-30-32-34-36-38-40-42-45-48-51-54-57-64-69-73-87(92)104-83(77-98-85(90)71-66-61-55-52-49-46-44-41-39-37-35-33-31-28-25-22-19-16-13-10-7-2)79-102-106(94,95)100-75-82(89)76-101-107(96,97)103-80-84(78-99-86(91)72-67-62-59-58-60-65-70-81(4)5)105-88(93)74-68-63-56-53-50-47-43-29-26-23-20-17-14-11-8-3/h81-84,89H,6-80H2,1-5H3,(H,94,95)(H,96,97)/t82-,83-,84-/m1/s1. The molecule has 5 atom stereocenters. The average molecular weight is 1560 g/mol. The van der Waals surface area contributed by atoms with Crippen molar-refractivity contribution in [2.24, 2.45) is 5.92 Å². The van der Waals surface area contributed by atoms with Crippen LogP contribution >= 0.6 is 15.6 Å². The van der Waals surface area contributed by atoms with Crippen molar-refractivity contribution in [3.8, 4) is 0 Å². The summed E-state index contributed by atoms with van der Waals surface area (Å²) in [4.78, 5) is 73.2. The highest BCUT2D eigenvalue weighted by Crippen LogP contribution is 2.45. The van der Waals surface area contributed by atoms with Crippen molar-refractivity contribution < 1.29 is 80.2 Å². The molecule has 0 heterocycles. The van der Waals surface area contributed by atoms with E-state index in [9.17, 15) is 43.2 Å². The summed E-state index contributed by atoms with van der Waals surface area (Å²) in [6.07, 6.45) is 75.4. The number of aliphatic hydroxyl groups is 1. The summed E-state index contributed by atoms with van der Waals surface area (Å²) in [5, 5.41) is 10.7. The van der Waals surface area contributed by atoms with E-state index in [-0.39, 0.29) is 25.7 Å². The molecule has 0 saturated carbocycles. The van der Waals surface area contributed by atoms with Gasteiger partial charge in [-0.25, -0.2) is 9.13 Å². The third kappa shape index (κ3) is 81.9. The van der Waals surface area contributed by atoms with Crippen LogP contribution in [0.1, 0.15) is 478 Å². The van der Waals surface area contributed by atoms with E-state index in [1.165, 1.54) is 295 Å². The van der Waals surface area contributed by atoms with Crippen LogP contribution in [0.2, 0.25) is 0 Å². The summed E-state index contributed by atoms with van der Waals surface area (Å²) in [6.45, 7) is 7.29. The Bertz CT molecular complexity index is 2030. The molecule has 3 N–H and O–H groups in total. The Labute approximate surface area is 658 Å². The molecule has 2 unspecified atom stereocenters. The van der Waals surface area contributed by atoms with Gasteiger partial charge in [-0.2, -0.15) is 0 Å². The highest BCUT2D eigenvalue weighted by molar-refractivity contribution is 7.47. The normalized spacial score (nSPS) is 13.7. The number of esters is 4. The zero-order chi connectivity index (χ0) is 78.3. The van der Waals surface area contributed by atoms with E-state index in [1.54, 1.807) is 0 Å². The number of carbonyl (C=O) groups is 4. The Morgan fingerprint density at radius 3 is 0.636 bits per heavy atom. The lowest BCUT2D eigenvalue weighted by molar-refractivity contribution is -0.161. The molecule has 0 aliphatic rings. The summed E-state index contributed by atoms with van der Waals surface area (Å²) in [7, 11) is -9.93. The second kappa shape index (κ2) is 80.7. The van der Waals surface area contributed by atoms with Crippen molar-refractivity contribution in [3.05, 3.63) is 0 Å². The van der Waals surface area contributed by atoms with Gasteiger partial charge >= 0.3 is 39.5 Å². The van der Waals surface area contributed by atoms with Gasteiger partial charge in [0.2, 0.25) is 0 Å². The van der Waals surface area contributed by atoms with Gasteiger partial charge in [0.25, 0.3) is 0 Å². The van der Waals surface area contributed by atoms with E-state index < -0.39 is 97.5 Å². The minimum absolute atomic E-state index is 0.108. The minimum Gasteiger partial charge on any atom is -0.462 e. The predicted molar refractivity (Wildman–Crippen MR) is 442 cm³/mol. The van der Waals surface area contributed by atoms with E-state index in [1.807, 2.05) is 0 Å². The monoisotopic (exact) mass is 1560 g/mol. The van der Waals surface area contributed by atoms with Gasteiger partial charge in [0.05, 0.1) is 26.4 Å². The second-order valence-corrected chi connectivity index (χ2v) is 35.0. The summed E-state index contributed by atoms with van der Waals surface area (Å²) < 4.78 is 68.9. The predicted octanol–water partition coefficient (Wildman–Crippen LogP) is 27.2. The number of phosphoric acid groups is 2. The minimum atomic E-state index is -4.97. The van der Waals surface area contributed by atoms with Gasteiger partial charge in [-0.1, -0.05) is 426 Å². The van der Waals surface area contributed by atoms with Crippen LogP contribution in [0.25, 0.3) is 0 Å². The lowest BCUT2D eigenvalue weighted by Gasteiger charge is -2.21. The highest BCUT2D eigenvalue weighted by Gasteiger charge is 2.30. The van der Waals surface area contributed by atoms with Gasteiger partial charge in [0, 0.05) is 25.7 Å². The number of aliphatic hydroxyl groups excluding tert-OH is 1. The summed E-state index contributed by atoms with van der Waals surface area (Å²) in [6, 6.07) is 0. The molecule has 0 aromatic heterocycles. The van der Waals surface area contributed by atoms with Gasteiger partial charge in [-0.05, 0) is 31.6 Å². The Hall–Kier alpha value is -1.94. The van der Waals surface area contributed by atoms with Crippen molar-refractivity contribution >= 4 is 39.5 Å². The molecule has 17 nitrogen and oxygen atoms in total. The number of ether oxygens (including phenoxy) is 4. The largest absolute Gasteiger partial charge is 0.472 e. The van der Waals surface area contributed by atoms with Crippen LogP contribution in [-0.4, -0.2) is 96.7 Å². The number of hydrogen-bond donors (Lipinski definition) is 3. The van der Waals surface area contributed by atoms with E-state index in [4.69, 9.17) is 37.0 Å². The molecule has 0 fully saturated rings. The molecule has 0 saturated heterocycles. The Morgan fingerprint density at radius 1 is 0.252 bits per heavy atom. The Balaban J connectivity index is 5.19. The van der Waals surface area contributed by atoms with E-state index in [2.05, 4.69) is 34.6 Å². The molecule has 0 aliphatic carbocycles. The Kier molecular flexibility index (Phi) is 79.2. The van der Waals surface area contributed by atoms with Gasteiger partial charge < -0.3 is 33.8 Å². The number of unbranched alkanes of at least 4 members (excludes halogenated alkanes) is 60. The molecular weight excluding hydrogens is 1390 g/mol. The Morgan fingerprint density at radius 2 is 0.430 bits per heavy atom. The van der Waals surface area contributed by atoms with E-state index in [0.29, 0.717) is 31.6 Å². The van der Waals surface area contributed by atoms with Gasteiger partial charge in [-0.15, -0.1) is 0 Å². The quantitative estimate of drug-likeness (QED) is 0.0222. The SMILES string of the molecule is CCCCCCCCCCCCCCCCCCCCCCCCC(=O)O[C@H](COC(=O)CCCCCCCCCCCCCCCCCCCCCCC)COP(=O)(O)OC[C@@H](O)COP(=O)(O)OC[C@@H](COC(=O)CCCCCCCCC(C)C)OC(=O)CCCCCCCCCCCCCCCCC. The molecule has 19 heteroatoms. The molecule has 0 spiro atoms. The van der Waals surface area contributed by atoms with Crippen molar-refractivity contribution in [2.45, 2.75) is 496 Å². The van der Waals surface area contributed by atoms with Crippen LogP contribution in [-0.2, 0) is 65.4 Å². The highest BCUT2D eigenvalue weighted by atomic mass is 31.2. The van der Waals surface area contributed by atoms with Crippen LogP contribution in [0.4, 0.5) is 0 Å². The fraction of sp³-hybridized carbons (Fsp3) is 0.955. The van der Waals surface area contributed by atoms with Crippen LogP contribution in [0.3, 0.4) is 0 Å². The van der Waals surface area contributed by atoms with Gasteiger partial charge in [-0.3, -0.25) is 37.3 Å². The van der Waals surface area contributed by atoms with Crippen molar-refractivity contribution in [1.29, 1.82) is 0 Å². The second-order valence-electron chi connectivity index (χ2n) is 32.1. The van der Waals surface area contributed by atoms with Crippen molar-refractivity contribution in [2.75, 3.05) is 39.6 Å².